The molecule has 1 aromatic heterocycles. The van der Waals surface area contributed by atoms with Crippen LogP contribution in [0.15, 0.2) is 10.3 Å². The smallest absolute Gasteiger partial charge is 0.242 e. The van der Waals surface area contributed by atoms with E-state index in [-0.39, 0.29) is 11.5 Å². The summed E-state index contributed by atoms with van der Waals surface area (Å²) >= 11 is 3.12. The van der Waals surface area contributed by atoms with E-state index in [1.54, 1.807) is 12.3 Å². The molecule has 20 heavy (non-hydrogen) atoms. The van der Waals surface area contributed by atoms with Gasteiger partial charge in [0.2, 0.25) is 10.0 Å². The van der Waals surface area contributed by atoms with Gasteiger partial charge in [-0.25, -0.2) is 13.1 Å². The average molecular weight is 338 g/mol. The van der Waals surface area contributed by atoms with Crippen molar-refractivity contribution in [2.24, 2.45) is 0 Å². The number of sulfonamides is 1. The Bertz CT molecular complexity index is 497. The van der Waals surface area contributed by atoms with Crippen molar-refractivity contribution >= 4 is 33.1 Å². The zero-order valence-electron chi connectivity index (χ0n) is 12.0. The van der Waals surface area contributed by atoms with Crippen molar-refractivity contribution in [3.63, 3.8) is 0 Å². The molecule has 7 heteroatoms. The first-order valence-corrected chi connectivity index (χ1v) is 10.4. The Morgan fingerprint density at radius 1 is 1.30 bits per heavy atom. The van der Waals surface area contributed by atoms with Crippen LogP contribution in [0.1, 0.15) is 36.1 Å². The molecule has 1 rings (SSSR count). The third-order valence-electron chi connectivity index (χ3n) is 2.97. The van der Waals surface area contributed by atoms with Crippen molar-refractivity contribution in [2.75, 3.05) is 18.6 Å². The summed E-state index contributed by atoms with van der Waals surface area (Å²) in [6, 6.07) is 0. The van der Waals surface area contributed by atoms with Crippen molar-refractivity contribution in [1.29, 1.82) is 0 Å². The number of nitrogens with one attached hydrogen (secondary N) is 1. The molecule has 0 spiro atoms. The van der Waals surface area contributed by atoms with Gasteiger partial charge in [0, 0.05) is 6.54 Å². The molecule has 0 saturated carbocycles. The molecule has 1 heterocycles. The summed E-state index contributed by atoms with van der Waals surface area (Å²) in [5, 5.41) is 11.0. The highest BCUT2D eigenvalue weighted by molar-refractivity contribution is 7.98. The van der Waals surface area contributed by atoms with Gasteiger partial charge in [-0.05, 0) is 42.7 Å². The molecule has 2 N–H and O–H groups in total. The Balaban J connectivity index is 2.44. The monoisotopic (exact) mass is 337 g/mol. The van der Waals surface area contributed by atoms with Crippen molar-refractivity contribution < 1.29 is 13.5 Å². The van der Waals surface area contributed by atoms with E-state index in [2.05, 4.69) is 11.0 Å². The second-order valence-electron chi connectivity index (χ2n) is 4.63. The largest absolute Gasteiger partial charge is 0.391 e. The second-order valence-corrected chi connectivity index (χ2v) is 8.29. The molecule has 0 radical (unpaired) electrons. The number of aliphatic hydroxyl groups is 1. The Morgan fingerprint density at radius 3 is 2.65 bits per heavy atom. The lowest BCUT2D eigenvalue weighted by Gasteiger charge is -2.08. The molecule has 0 aliphatic heterocycles. The second kappa shape index (κ2) is 9.04. The summed E-state index contributed by atoms with van der Waals surface area (Å²) in [6.45, 7) is 1.98. The normalized spacial score (nSPS) is 11.9. The lowest BCUT2D eigenvalue weighted by atomic mass is 10.2. The molecule has 0 aliphatic rings. The maximum atomic E-state index is 12.2. The summed E-state index contributed by atoms with van der Waals surface area (Å²) in [4.78, 5) is 0.766. The van der Waals surface area contributed by atoms with Gasteiger partial charge >= 0.3 is 0 Å². The van der Waals surface area contributed by atoms with Crippen LogP contribution < -0.4 is 4.72 Å². The van der Waals surface area contributed by atoms with E-state index < -0.39 is 10.0 Å². The van der Waals surface area contributed by atoms with Crippen LogP contribution in [0.25, 0.3) is 0 Å². The summed E-state index contributed by atoms with van der Waals surface area (Å²) in [5.74, 6) is 1.17. The van der Waals surface area contributed by atoms with Gasteiger partial charge in [-0.1, -0.05) is 12.8 Å². The quantitative estimate of drug-likeness (QED) is 0.644. The van der Waals surface area contributed by atoms with Gasteiger partial charge in [0.05, 0.1) is 11.5 Å². The maximum absolute atomic E-state index is 12.2. The van der Waals surface area contributed by atoms with Crippen LogP contribution in [0.5, 0.6) is 0 Å². The molecular weight excluding hydrogens is 314 g/mol. The average Bonchev–Trinajstić information content (AvgIpc) is 2.79. The molecule has 0 fully saturated rings. The molecule has 4 nitrogen and oxygen atoms in total. The number of unbranched alkanes of at least 4 members (excludes halogenated alkanes) is 3. The fourth-order valence-corrected chi connectivity index (χ4v) is 5.19. The van der Waals surface area contributed by atoms with Crippen LogP contribution >= 0.6 is 23.1 Å². The number of hydrogen-bond donors (Lipinski definition) is 2. The van der Waals surface area contributed by atoms with Crippen LogP contribution in [-0.2, 0) is 16.6 Å². The van der Waals surface area contributed by atoms with E-state index in [4.69, 9.17) is 0 Å². The van der Waals surface area contributed by atoms with E-state index >= 15 is 0 Å². The van der Waals surface area contributed by atoms with E-state index in [1.165, 1.54) is 23.5 Å². The van der Waals surface area contributed by atoms with E-state index in [9.17, 15) is 13.5 Å². The van der Waals surface area contributed by atoms with Gasteiger partial charge in [-0.2, -0.15) is 11.8 Å². The number of thiophene rings is 1. The van der Waals surface area contributed by atoms with Gasteiger partial charge in [-0.15, -0.1) is 11.3 Å². The molecule has 0 bridgehead atoms. The van der Waals surface area contributed by atoms with Crippen LogP contribution in [0.4, 0.5) is 0 Å². The van der Waals surface area contributed by atoms with E-state index in [0.717, 1.165) is 19.3 Å². The third kappa shape index (κ3) is 5.37. The number of thioether (sulfide) groups is 1. The topological polar surface area (TPSA) is 66.4 Å². The van der Waals surface area contributed by atoms with Crippen molar-refractivity contribution in [3.8, 4) is 0 Å². The molecule has 0 unspecified atom stereocenters. The van der Waals surface area contributed by atoms with Gasteiger partial charge in [0.15, 0.2) is 0 Å². The van der Waals surface area contributed by atoms with Gasteiger partial charge < -0.3 is 5.11 Å². The van der Waals surface area contributed by atoms with Crippen molar-refractivity contribution in [2.45, 2.75) is 44.1 Å². The molecule has 0 amide bonds. The molecule has 1 aromatic rings. The van der Waals surface area contributed by atoms with E-state index in [1.807, 2.05) is 11.8 Å². The molecule has 0 aliphatic carbocycles. The highest BCUT2D eigenvalue weighted by Gasteiger charge is 2.21. The number of hydrogen-bond acceptors (Lipinski definition) is 5. The first-order valence-electron chi connectivity index (χ1n) is 6.69. The maximum Gasteiger partial charge on any atom is 0.242 e. The first-order chi connectivity index (χ1) is 9.53. The lowest BCUT2D eigenvalue weighted by Crippen LogP contribution is -2.25. The fraction of sp³-hybridized carbons (Fsp3) is 0.692. The summed E-state index contributed by atoms with van der Waals surface area (Å²) in [7, 11) is -3.49. The highest BCUT2D eigenvalue weighted by atomic mass is 32.2. The third-order valence-corrected chi connectivity index (χ3v) is 6.57. The number of aliphatic hydroxyl groups excluding tert-OH is 1. The van der Waals surface area contributed by atoms with Gasteiger partial charge in [-0.3, -0.25) is 0 Å². The standard InChI is InChI=1S/C13H23NO3S3/c1-11-10-19-12(9-15)13(11)20(16,17)14-7-5-3-4-6-8-18-2/h10,14-15H,3-9H2,1-2H3. The zero-order chi connectivity index (χ0) is 15.0. The predicted octanol–water partition coefficient (Wildman–Crippen LogP) is 2.75. The summed E-state index contributed by atoms with van der Waals surface area (Å²) in [5.41, 5.74) is 0.700. The van der Waals surface area contributed by atoms with E-state index in [0.29, 0.717) is 17.0 Å². The minimum atomic E-state index is -3.49. The van der Waals surface area contributed by atoms with Crippen LogP contribution in [-0.4, -0.2) is 32.1 Å². The lowest BCUT2D eigenvalue weighted by molar-refractivity contribution is 0.282. The SMILES string of the molecule is CSCCCCCCNS(=O)(=O)c1c(C)csc1CO. The van der Waals surface area contributed by atoms with Gasteiger partial charge in [0.1, 0.15) is 4.90 Å². The predicted molar refractivity (Wildman–Crippen MR) is 87.0 cm³/mol. The Hall–Kier alpha value is -0.0800. The summed E-state index contributed by atoms with van der Waals surface area (Å²) in [6.07, 6.45) is 6.31. The van der Waals surface area contributed by atoms with Crippen LogP contribution in [0.2, 0.25) is 0 Å². The molecule has 0 aromatic carbocycles. The number of rotatable bonds is 10. The minimum Gasteiger partial charge on any atom is -0.391 e. The van der Waals surface area contributed by atoms with Crippen LogP contribution in [0.3, 0.4) is 0 Å². The Labute approximate surface area is 130 Å². The molecule has 116 valence electrons. The Morgan fingerprint density at radius 2 is 2.00 bits per heavy atom. The minimum absolute atomic E-state index is 0.233. The van der Waals surface area contributed by atoms with Gasteiger partial charge in [0.25, 0.3) is 0 Å². The molecule has 0 saturated heterocycles. The molecule has 0 atom stereocenters. The molecular formula is C13H23NO3S3. The highest BCUT2D eigenvalue weighted by Crippen LogP contribution is 2.26. The first kappa shape index (κ1) is 18.0. The Kier molecular flexibility index (Phi) is 8.13. The fourth-order valence-electron chi connectivity index (χ4n) is 1.96. The van der Waals surface area contributed by atoms with Crippen molar-refractivity contribution in [1.82, 2.24) is 4.72 Å². The summed E-state index contributed by atoms with van der Waals surface area (Å²) < 4.78 is 27.1. The van der Waals surface area contributed by atoms with Crippen LogP contribution in [0, 0.1) is 6.92 Å². The van der Waals surface area contributed by atoms with Crippen molar-refractivity contribution in [3.05, 3.63) is 15.8 Å². The number of aryl methyl sites for hydroxylation is 1. The zero-order valence-corrected chi connectivity index (χ0v) is 14.5.